The number of rotatable bonds is 3. The second kappa shape index (κ2) is 8.68. The van der Waals surface area contributed by atoms with Gasteiger partial charge in [-0.3, -0.25) is 4.90 Å². The van der Waals surface area contributed by atoms with Gasteiger partial charge in [-0.2, -0.15) is 0 Å². The molecule has 6 heteroatoms. The van der Waals surface area contributed by atoms with Gasteiger partial charge in [0.05, 0.1) is 12.2 Å². The zero-order chi connectivity index (χ0) is 14.0. The van der Waals surface area contributed by atoms with Crippen LogP contribution in [0, 0.1) is 5.92 Å². The minimum atomic E-state index is 0. The molecule has 1 fully saturated rings. The molecule has 0 radical (unpaired) electrons. The fraction of sp³-hybridized carbons (Fsp3) is 0.800. The summed E-state index contributed by atoms with van der Waals surface area (Å²) in [6.45, 7) is 11.9. The molecule has 1 aliphatic rings. The van der Waals surface area contributed by atoms with E-state index < -0.39 is 0 Å². The van der Waals surface area contributed by atoms with Crippen LogP contribution in [0.15, 0.2) is 5.38 Å². The molecule has 0 spiro atoms. The highest BCUT2D eigenvalue weighted by atomic mass is 35.5. The van der Waals surface area contributed by atoms with Crippen molar-refractivity contribution in [1.82, 2.24) is 9.88 Å². The molecule has 1 saturated heterocycles. The van der Waals surface area contributed by atoms with E-state index in [1.54, 1.807) is 11.3 Å². The maximum absolute atomic E-state index is 5.95. The molecule has 124 valence electrons. The zero-order valence-corrected chi connectivity index (χ0v) is 15.9. The van der Waals surface area contributed by atoms with Gasteiger partial charge in [0.15, 0.2) is 0 Å². The van der Waals surface area contributed by atoms with Gasteiger partial charge in [-0.25, -0.2) is 4.98 Å². The normalized spacial score (nSPS) is 23.3. The summed E-state index contributed by atoms with van der Waals surface area (Å²) in [6, 6.07) is 0.524. The summed E-state index contributed by atoms with van der Waals surface area (Å²) in [7, 11) is 0. The van der Waals surface area contributed by atoms with E-state index in [2.05, 4.69) is 38.0 Å². The zero-order valence-electron chi connectivity index (χ0n) is 13.5. The summed E-state index contributed by atoms with van der Waals surface area (Å²) < 4.78 is 0. The van der Waals surface area contributed by atoms with E-state index >= 15 is 0 Å². The van der Waals surface area contributed by atoms with Crippen LogP contribution in [0.2, 0.25) is 0 Å². The van der Waals surface area contributed by atoms with Crippen molar-refractivity contribution in [2.75, 3.05) is 13.1 Å². The molecule has 0 amide bonds. The molecule has 2 atom stereocenters. The third-order valence-corrected chi connectivity index (χ3v) is 4.96. The number of halogens is 2. The molecule has 0 aliphatic carbocycles. The van der Waals surface area contributed by atoms with Gasteiger partial charge in [0.2, 0.25) is 0 Å². The lowest BCUT2D eigenvalue weighted by atomic mass is 9.91. The largest absolute Gasteiger partial charge is 0.329 e. The maximum Gasteiger partial charge on any atom is 0.107 e. The fourth-order valence-electron chi connectivity index (χ4n) is 2.81. The molecule has 2 heterocycles. The molecule has 0 saturated carbocycles. The molecule has 1 aromatic rings. The predicted molar refractivity (Wildman–Crippen MR) is 97.0 cm³/mol. The van der Waals surface area contributed by atoms with Crippen LogP contribution < -0.4 is 5.73 Å². The van der Waals surface area contributed by atoms with Crippen LogP contribution in [0.3, 0.4) is 0 Å². The monoisotopic (exact) mass is 353 g/mol. The summed E-state index contributed by atoms with van der Waals surface area (Å²) in [5.41, 5.74) is 7.31. The SMILES string of the molecule is CC1CCCN(Cc2nc(C(C)(C)C)cs2)C1CN.Cl.Cl. The second-order valence-electron chi connectivity index (χ2n) is 6.77. The lowest BCUT2D eigenvalue weighted by molar-refractivity contribution is 0.0989. The number of hydrogen-bond acceptors (Lipinski definition) is 4. The number of likely N-dealkylation sites (tertiary alicyclic amines) is 1. The minimum absolute atomic E-state index is 0. The van der Waals surface area contributed by atoms with Crippen LogP contribution in [-0.2, 0) is 12.0 Å². The Morgan fingerprint density at radius 2 is 2.05 bits per heavy atom. The Bertz CT molecular complexity index is 417. The summed E-state index contributed by atoms with van der Waals surface area (Å²) >= 11 is 1.79. The lowest BCUT2D eigenvalue weighted by Crippen LogP contribution is -2.48. The van der Waals surface area contributed by atoms with Crippen molar-refractivity contribution in [2.24, 2.45) is 11.7 Å². The molecule has 3 nitrogen and oxygen atoms in total. The van der Waals surface area contributed by atoms with Crippen LogP contribution in [-0.4, -0.2) is 29.0 Å². The van der Waals surface area contributed by atoms with Gasteiger partial charge >= 0.3 is 0 Å². The van der Waals surface area contributed by atoms with E-state index in [9.17, 15) is 0 Å². The molecule has 2 N–H and O–H groups in total. The number of thiazole rings is 1. The Morgan fingerprint density at radius 1 is 1.38 bits per heavy atom. The standard InChI is InChI=1S/C15H27N3S.2ClH/c1-11-6-5-7-18(12(11)8-16)9-14-17-13(10-19-14)15(2,3)4;;/h10-12H,5-9,16H2,1-4H3;2*1H. The first kappa shape index (κ1) is 21.1. The van der Waals surface area contributed by atoms with E-state index in [0.29, 0.717) is 12.0 Å². The molecular formula is C15H29Cl2N3S. The van der Waals surface area contributed by atoms with Crippen LogP contribution in [0.25, 0.3) is 0 Å². The van der Waals surface area contributed by atoms with Crippen LogP contribution in [0.1, 0.15) is 51.2 Å². The first-order chi connectivity index (χ1) is 8.91. The van der Waals surface area contributed by atoms with Crippen molar-refractivity contribution in [3.05, 3.63) is 16.1 Å². The number of piperidine rings is 1. The molecule has 0 aromatic carbocycles. The quantitative estimate of drug-likeness (QED) is 0.897. The van der Waals surface area contributed by atoms with E-state index in [4.69, 9.17) is 10.7 Å². The summed E-state index contributed by atoms with van der Waals surface area (Å²) in [4.78, 5) is 7.33. The van der Waals surface area contributed by atoms with Gasteiger partial charge in [0, 0.05) is 23.4 Å². The third kappa shape index (κ3) is 5.36. The van der Waals surface area contributed by atoms with Crippen molar-refractivity contribution in [3.63, 3.8) is 0 Å². The van der Waals surface area contributed by atoms with Gasteiger partial charge < -0.3 is 5.73 Å². The average molecular weight is 354 g/mol. The van der Waals surface area contributed by atoms with E-state index in [-0.39, 0.29) is 30.2 Å². The topological polar surface area (TPSA) is 42.2 Å². The van der Waals surface area contributed by atoms with Crippen LogP contribution >= 0.6 is 36.2 Å². The van der Waals surface area contributed by atoms with E-state index in [0.717, 1.165) is 19.6 Å². The maximum atomic E-state index is 5.95. The van der Waals surface area contributed by atoms with Crippen molar-refractivity contribution in [1.29, 1.82) is 0 Å². The smallest absolute Gasteiger partial charge is 0.107 e. The van der Waals surface area contributed by atoms with Gasteiger partial charge in [-0.1, -0.05) is 27.7 Å². The van der Waals surface area contributed by atoms with E-state index in [1.807, 2.05) is 0 Å². The molecule has 2 rings (SSSR count). The highest BCUT2D eigenvalue weighted by Crippen LogP contribution is 2.27. The summed E-state index contributed by atoms with van der Waals surface area (Å²) in [6.07, 6.45) is 2.60. The Morgan fingerprint density at radius 3 is 2.57 bits per heavy atom. The Kier molecular flexibility index (Phi) is 8.74. The van der Waals surface area contributed by atoms with Crippen molar-refractivity contribution < 1.29 is 0 Å². The molecule has 21 heavy (non-hydrogen) atoms. The Labute approximate surface area is 145 Å². The van der Waals surface area contributed by atoms with Gasteiger partial charge in [0.1, 0.15) is 5.01 Å². The van der Waals surface area contributed by atoms with Crippen LogP contribution in [0.5, 0.6) is 0 Å². The molecule has 2 unspecified atom stereocenters. The summed E-state index contributed by atoms with van der Waals surface area (Å²) in [5, 5.41) is 3.44. The first-order valence-electron chi connectivity index (χ1n) is 7.31. The molecule has 1 aromatic heterocycles. The van der Waals surface area contributed by atoms with Crippen LogP contribution in [0.4, 0.5) is 0 Å². The first-order valence-corrected chi connectivity index (χ1v) is 8.19. The van der Waals surface area contributed by atoms with Crippen molar-refractivity contribution in [3.8, 4) is 0 Å². The van der Waals surface area contributed by atoms with E-state index in [1.165, 1.54) is 23.5 Å². The number of nitrogens with zero attached hydrogens (tertiary/aromatic N) is 2. The number of aromatic nitrogens is 1. The molecule has 1 aliphatic heterocycles. The molecular weight excluding hydrogens is 325 g/mol. The summed E-state index contributed by atoms with van der Waals surface area (Å²) in [5.74, 6) is 0.709. The lowest BCUT2D eigenvalue weighted by Gasteiger charge is -2.38. The Hall–Kier alpha value is 0.130. The van der Waals surface area contributed by atoms with Crippen molar-refractivity contribution in [2.45, 2.75) is 58.5 Å². The highest BCUT2D eigenvalue weighted by Gasteiger charge is 2.28. The second-order valence-corrected chi connectivity index (χ2v) is 7.71. The van der Waals surface area contributed by atoms with Gasteiger partial charge in [-0.05, 0) is 25.3 Å². The Balaban J connectivity index is 0.00000200. The van der Waals surface area contributed by atoms with Gasteiger partial charge in [-0.15, -0.1) is 36.2 Å². The highest BCUT2D eigenvalue weighted by molar-refractivity contribution is 7.09. The average Bonchev–Trinajstić information content (AvgIpc) is 2.77. The number of hydrogen-bond donors (Lipinski definition) is 1. The number of nitrogens with two attached hydrogens (primary N) is 1. The molecule has 0 bridgehead atoms. The minimum Gasteiger partial charge on any atom is -0.329 e. The fourth-order valence-corrected chi connectivity index (χ4v) is 3.86. The van der Waals surface area contributed by atoms with Crippen molar-refractivity contribution >= 4 is 36.2 Å². The predicted octanol–water partition coefficient (Wildman–Crippen LogP) is 3.84. The van der Waals surface area contributed by atoms with Gasteiger partial charge in [0.25, 0.3) is 0 Å². The third-order valence-electron chi connectivity index (χ3n) is 4.13.